The molecule has 0 saturated heterocycles. The van der Waals surface area contributed by atoms with Crippen LogP contribution in [-0.4, -0.2) is 28.4 Å². The largest absolute Gasteiger partial charge is 0.469 e. The summed E-state index contributed by atoms with van der Waals surface area (Å²) in [5.41, 5.74) is 1.68. The molecule has 1 amide bonds. The van der Waals surface area contributed by atoms with Gasteiger partial charge in [-0.25, -0.2) is 4.98 Å². The fourth-order valence-corrected chi connectivity index (χ4v) is 2.72. The number of aryl methyl sites for hydroxylation is 1. The highest BCUT2D eigenvalue weighted by molar-refractivity contribution is 5.94. The molecule has 0 aliphatic carbocycles. The molecule has 0 fully saturated rings. The van der Waals surface area contributed by atoms with Gasteiger partial charge in [-0.3, -0.25) is 18.8 Å². The Balaban J connectivity index is 1.92. The first kappa shape index (κ1) is 18.3. The number of carbonyl (C=O) groups is 2. The van der Waals surface area contributed by atoms with Gasteiger partial charge in [0.15, 0.2) is 0 Å². The Labute approximate surface area is 155 Å². The second-order valence-electron chi connectivity index (χ2n) is 6.12. The lowest BCUT2D eigenvalue weighted by molar-refractivity contribution is -0.141. The molecule has 3 rings (SSSR count). The third-order valence-electron chi connectivity index (χ3n) is 4.24. The van der Waals surface area contributed by atoms with Crippen LogP contribution in [0.5, 0.6) is 0 Å². The van der Waals surface area contributed by atoms with Crippen molar-refractivity contribution in [2.45, 2.75) is 19.4 Å². The summed E-state index contributed by atoms with van der Waals surface area (Å²) in [4.78, 5) is 41.2. The lowest BCUT2D eigenvalue weighted by Gasteiger charge is -2.18. The van der Waals surface area contributed by atoms with E-state index in [-0.39, 0.29) is 12.0 Å². The highest BCUT2D eigenvalue weighted by Crippen LogP contribution is 2.18. The van der Waals surface area contributed by atoms with Crippen LogP contribution in [0.1, 0.15) is 33.9 Å². The molecule has 7 heteroatoms. The van der Waals surface area contributed by atoms with Gasteiger partial charge in [0.25, 0.3) is 11.5 Å². The number of nitrogens with zero attached hydrogens (tertiary/aromatic N) is 2. The first-order valence-electron chi connectivity index (χ1n) is 8.40. The number of methoxy groups -OCH3 is 1. The van der Waals surface area contributed by atoms with Crippen molar-refractivity contribution in [3.05, 3.63) is 81.9 Å². The van der Waals surface area contributed by atoms with E-state index in [4.69, 9.17) is 4.74 Å². The molecular weight excluding hydrogens is 346 g/mol. The van der Waals surface area contributed by atoms with Crippen molar-refractivity contribution >= 4 is 17.5 Å². The minimum atomic E-state index is -0.624. The Morgan fingerprint density at radius 3 is 2.63 bits per heavy atom. The second kappa shape index (κ2) is 7.82. The van der Waals surface area contributed by atoms with Crippen molar-refractivity contribution in [3.8, 4) is 0 Å². The van der Waals surface area contributed by atoms with Crippen molar-refractivity contribution < 1.29 is 14.3 Å². The van der Waals surface area contributed by atoms with E-state index in [0.29, 0.717) is 5.65 Å². The van der Waals surface area contributed by atoms with E-state index < -0.39 is 23.5 Å². The summed E-state index contributed by atoms with van der Waals surface area (Å²) in [6, 6.07) is 11.9. The second-order valence-corrected chi connectivity index (χ2v) is 6.12. The summed E-state index contributed by atoms with van der Waals surface area (Å²) in [5.74, 6) is -1.06. The molecular formula is C20H19N3O4. The zero-order valence-electron chi connectivity index (χ0n) is 15.0. The van der Waals surface area contributed by atoms with Crippen LogP contribution in [0.15, 0.2) is 59.7 Å². The number of rotatable bonds is 5. The number of benzene rings is 1. The molecule has 0 spiro atoms. The number of esters is 1. The monoisotopic (exact) mass is 365 g/mol. The molecule has 1 unspecified atom stereocenters. The molecule has 0 aliphatic rings. The summed E-state index contributed by atoms with van der Waals surface area (Å²) >= 11 is 0. The Morgan fingerprint density at radius 2 is 1.93 bits per heavy atom. The number of ether oxygens (including phenoxy) is 1. The number of hydrogen-bond acceptors (Lipinski definition) is 5. The molecule has 1 atom stereocenters. The predicted molar refractivity (Wildman–Crippen MR) is 99.5 cm³/mol. The van der Waals surface area contributed by atoms with Gasteiger partial charge >= 0.3 is 5.97 Å². The van der Waals surface area contributed by atoms with Crippen molar-refractivity contribution in [1.29, 1.82) is 0 Å². The maximum atomic E-state index is 12.7. The average Bonchev–Trinajstić information content (AvgIpc) is 2.68. The van der Waals surface area contributed by atoms with Gasteiger partial charge in [0, 0.05) is 12.4 Å². The minimum Gasteiger partial charge on any atom is -0.469 e. The lowest BCUT2D eigenvalue weighted by Crippen LogP contribution is -2.35. The summed E-state index contributed by atoms with van der Waals surface area (Å²) in [6.07, 6.45) is 2.75. The number of nitrogens with one attached hydrogen (secondary N) is 1. The molecule has 0 bridgehead atoms. The molecule has 1 N–H and O–H groups in total. The Bertz CT molecular complexity index is 1040. The van der Waals surface area contributed by atoms with E-state index in [1.165, 1.54) is 17.7 Å². The average molecular weight is 365 g/mol. The van der Waals surface area contributed by atoms with Crippen LogP contribution in [0.2, 0.25) is 0 Å². The molecule has 2 heterocycles. The molecule has 0 saturated carbocycles. The van der Waals surface area contributed by atoms with Crippen LogP contribution in [-0.2, 0) is 9.53 Å². The maximum absolute atomic E-state index is 12.7. The fourth-order valence-electron chi connectivity index (χ4n) is 2.72. The van der Waals surface area contributed by atoms with E-state index >= 15 is 0 Å². The van der Waals surface area contributed by atoms with Gasteiger partial charge in [-0.1, -0.05) is 35.9 Å². The van der Waals surface area contributed by atoms with Crippen LogP contribution in [0.3, 0.4) is 0 Å². The number of fused-ring (bicyclic) bond motifs is 1. The van der Waals surface area contributed by atoms with E-state index in [2.05, 4.69) is 10.3 Å². The van der Waals surface area contributed by atoms with Gasteiger partial charge in [-0.05, 0) is 24.6 Å². The van der Waals surface area contributed by atoms with Gasteiger partial charge in [-0.15, -0.1) is 0 Å². The van der Waals surface area contributed by atoms with Gasteiger partial charge in [0.2, 0.25) is 0 Å². The number of hydrogen-bond donors (Lipinski definition) is 1. The number of pyridine rings is 1. The predicted octanol–water partition coefficient (Wildman–Crippen LogP) is 2.04. The molecule has 2 aromatic heterocycles. The SMILES string of the molecule is COC(=O)CC(NC(=O)c1cnc2ccccn2c1=O)c1ccc(C)cc1. The minimum absolute atomic E-state index is 0.0480. The Morgan fingerprint density at radius 1 is 1.19 bits per heavy atom. The van der Waals surface area contributed by atoms with Crippen LogP contribution in [0, 0.1) is 6.92 Å². The Hall–Kier alpha value is -3.48. The molecule has 7 nitrogen and oxygen atoms in total. The summed E-state index contributed by atoms with van der Waals surface area (Å²) in [6.45, 7) is 1.94. The zero-order chi connectivity index (χ0) is 19.4. The van der Waals surface area contributed by atoms with Crippen LogP contribution in [0.4, 0.5) is 0 Å². The molecule has 0 radical (unpaired) electrons. The van der Waals surface area contributed by atoms with Crippen molar-refractivity contribution in [2.75, 3.05) is 7.11 Å². The van der Waals surface area contributed by atoms with Crippen LogP contribution >= 0.6 is 0 Å². The number of aromatic nitrogens is 2. The van der Waals surface area contributed by atoms with Gasteiger partial charge in [0.1, 0.15) is 11.2 Å². The highest BCUT2D eigenvalue weighted by atomic mass is 16.5. The van der Waals surface area contributed by atoms with Gasteiger partial charge in [0.05, 0.1) is 19.6 Å². The molecule has 1 aromatic carbocycles. The molecule has 138 valence electrons. The normalized spacial score (nSPS) is 11.8. The van der Waals surface area contributed by atoms with Crippen molar-refractivity contribution in [1.82, 2.24) is 14.7 Å². The third-order valence-corrected chi connectivity index (χ3v) is 4.24. The lowest BCUT2D eigenvalue weighted by atomic mass is 10.0. The van der Waals surface area contributed by atoms with Crippen molar-refractivity contribution in [2.24, 2.45) is 0 Å². The van der Waals surface area contributed by atoms with E-state index in [9.17, 15) is 14.4 Å². The van der Waals surface area contributed by atoms with E-state index in [1.54, 1.807) is 24.4 Å². The number of carbonyl (C=O) groups excluding carboxylic acids is 2. The van der Waals surface area contributed by atoms with Gasteiger partial charge < -0.3 is 10.1 Å². The van der Waals surface area contributed by atoms with E-state index in [0.717, 1.165) is 11.1 Å². The molecule has 3 aromatic rings. The summed E-state index contributed by atoms with van der Waals surface area (Å²) in [5, 5.41) is 2.75. The summed E-state index contributed by atoms with van der Waals surface area (Å²) < 4.78 is 6.03. The van der Waals surface area contributed by atoms with Gasteiger partial charge in [-0.2, -0.15) is 0 Å². The first-order valence-corrected chi connectivity index (χ1v) is 8.40. The third kappa shape index (κ3) is 4.03. The first-order chi connectivity index (χ1) is 13.0. The van der Waals surface area contributed by atoms with E-state index in [1.807, 2.05) is 31.2 Å². The topological polar surface area (TPSA) is 89.8 Å². The number of amides is 1. The smallest absolute Gasteiger partial charge is 0.307 e. The van der Waals surface area contributed by atoms with Crippen LogP contribution in [0.25, 0.3) is 5.65 Å². The van der Waals surface area contributed by atoms with Crippen LogP contribution < -0.4 is 10.9 Å². The Kier molecular flexibility index (Phi) is 5.30. The molecule has 27 heavy (non-hydrogen) atoms. The quantitative estimate of drug-likeness (QED) is 0.699. The molecule has 0 aliphatic heterocycles. The van der Waals surface area contributed by atoms with Crippen molar-refractivity contribution in [3.63, 3.8) is 0 Å². The zero-order valence-corrected chi connectivity index (χ0v) is 15.0. The highest BCUT2D eigenvalue weighted by Gasteiger charge is 2.22. The summed E-state index contributed by atoms with van der Waals surface area (Å²) in [7, 11) is 1.29. The maximum Gasteiger partial charge on any atom is 0.307 e. The standard InChI is InChI=1S/C20H19N3O4/c1-13-6-8-14(9-7-13)16(11-18(24)27-2)22-19(25)15-12-21-17-5-3-4-10-23(17)20(15)26/h3-10,12,16H,11H2,1-2H3,(H,22,25). The fraction of sp³-hybridized carbons (Fsp3) is 0.200.